The molecule has 0 aliphatic rings. The van der Waals surface area contributed by atoms with Gasteiger partial charge in [-0.25, -0.2) is 4.39 Å². The van der Waals surface area contributed by atoms with Crippen LogP contribution in [-0.4, -0.2) is 5.78 Å². The Bertz CT molecular complexity index is 546. The van der Waals surface area contributed by atoms with Crippen molar-refractivity contribution in [2.24, 2.45) is 0 Å². The number of Topliss-reactive ketones (excluding diaryl/α,β-unsaturated/α-hetero) is 1. The minimum atomic E-state index is -0.410. The van der Waals surface area contributed by atoms with E-state index in [1.807, 2.05) is 0 Å². The van der Waals surface area contributed by atoms with Crippen molar-refractivity contribution in [3.05, 3.63) is 46.9 Å². The quantitative estimate of drug-likeness (QED) is 0.742. The standard InChI is InChI=1S/C12H8ClFO2/c1-7(15)11-4-5-12(16-11)9-3-2-8(14)6-10(9)13/h2-6H,1H3. The summed E-state index contributed by atoms with van der Waals surface area (Å²) in [6, 6.07) is 7.21. The van der Waals surface area contributed by atoms with Gasteiger partial charge in [0.2, 0.25) is 0 Å². The summed E-state index contributed by atoms with van der Waals surface area (Å²) >= 11 is 5.87. The molecule has 1 heterocycles. The van der Waals surface area contributed by atoms with E-state index in [1.165, 1.54) is 25.1 Å². The fourth-order valence-corrected chi connectivity index (χ4v) is 1.62. The molecular formula is C12H8ClFO2. The maximum absolute atomic E-state index is 12.8. The Labute approximate surface area is 96.6 Å². The van der Waals surface area contributed by atoms with Crippen LogP contribution in [0.15, 0.2) is 34.7 Å². The number of rotatable bonds is 2. The summed E-state index contributed by atoms with van der Waals surface area (Å²) in [5.74, 6) is 0.141. The van der Waals surface area contributed by atoms with Gasteiger partial charge in [-0.1, -0.05) is 11.6 Å². The van der Waals surface area contributed by atoms with Gasteiger partial charge in [0.25, 0.3) is 0 Å². The van der Waals surface area contributed by atoms with Crippen LogP contribution in [-0.2, 0) is 0 Å². The molecule has 0 fully saturated rings. The van der Waals surface area contributed by atoms with Crippen molar-refractivity contribution in [3.8, 4) is 11.3 Å². The zero-order valence-corrected chi connectivity index (χ0v) is 9.22. The van der Waals surface area contributed by atoms with E-state index in [1.54, 1.807) is 12.1 Å². The number of hydrogen-bond acceptors (Lipinski definition) is 2. The predicted octanol–water partition coefficient (Wildman–Crippen LogP) is 3.94. The zero-order valence-electron chi connectivity index (χ0n) is 8.46. The fourth-order valence-electron chi connectivity index (χ4n) is 1.36. The fraction of sp³-hybridized carbons (Fsp3) is 0.0833. The lowest BCUT2D eigenvalue weighted by atomic mass is 10.2. The van der Waals surface area contributed by atoms with Crippen LogP contribution in [0, 0.1) is 5.82 Å². The van der Waals surface area contributed by atoms with Crippen LogP contribution in [0.5, 0.6) is 0 Å². The van der Waals surface area contributed by atoms with Crippen LogP contribution >= 0.6 is 11.6 Å². The van der Waals surface area contributed by atoms with E-state index in [0.717, 1.165) is 0 Å². The Kier molecular flexibility index (Phi) is 2.79. The van der Waals surface area contributed by atoms with Gasteiger partial charge >= 0.3 is 0 Å². The maximum Gasteiger partial charge on any atom is 0.194 e. The van der Waals surface area contributed by atoms with E-state index in [4.69, 9.17) is 16.0 Å². The second-order valence-corrected chi connectivity index (χ2v) is 3.75. The Morgan fingerprint density at radius 3 is 2.62 bits per heavy atom. The highest BCUT2D eigenvalue weighted by molar-refractivity contribution is 6.33. The number of furan rings is 1. The van der Waals surface area contributed by atoms with Crippen LogP contribution in [0.25, 0.3) is 11.3 Å². The highest BCUT2D eigenvalue weighted by atomic mass is 35.5. The molecule has 0 saturated carbocycles. The third kappa shape index (κ3) is 1.99. The Balaban J connectivity index is 2.46. The van der Waals surface area contributed by atoms with Gasteiger partial charge in [-0.15, -0.1) is 0 Å². The summed E-state index contributed by atoms with van der Waals surface area (Å²) in [7, 11) is 0. The molecule has 0 unspecified atom stereocenters. The molecule has 2 aromatic rings. The molecule has 4 heteroatoms. The Morgan fingerprint density at radius 1 is 1.31 bits per heavy atom. The topological polar surface area (TPSA) is 30.2 Å². The Morgan fingerprint density at radius 2 is 2.06 bits per heavy atom. The summed E-state index contributed by atoms with van der Waals surface area (Å²) in [5.41, 5.74) is 0.565. The van der Waals surface area contributed by atoms with Crippen molar-refractivity contribution in [1.82, 2.24) is 0 Å². The lowest BCUT2D eigenvalue weighted by molar-refractivity contribution is 0.0988. The van der Waals surface area contributed by atoms with Crippen molar-refractivity contribution in [2.75, 3.05) is 0 Å². The minimum Gasteiger partial charge on any atom is -0.453 e. The van der Waals surface area contributed by atoms with Gasteiger partial charge in [-0.3, -0.25) is 4.79 Å². The average molecular weight is 239 g/mol. The van der Waals surface area contributed by atoms with Gasteiger partial charge in [-0.2, -0.15) is 0 Å². The predicted molar refractivity (Wildman–Crippen MR) is 59.1 cm³/mol. The number of carbonyl (C=O) groups excluding carboxylic acids is 1. The van der Waals surface area contributed by atoms with Crippen molar-refractivity contribution < 1.29 is 13.6 Å². The zero-order chi connectivity index (χ0) is 11.7. The molecular weight excluding hydrogens is 231 g/mol. The normalized spacial score (nSPS) is 10.4. The molecule has 0 N–H and O–H groups in total. The molecule has 1 aromatic heterocycles. The molecule has 0 spiro atoms. The molecule has 0 saturated heterocycles. The van der Waals surface area contributed by atoms with Crippen LogP contribution in [0.3, 0.4) is 0 Å². The van der Waals surface area contributed by atoms with Crippen LogP contribution < -0.4 is 0 Å². The summed E-state index contributed by atoms with van der Waals surface area (Å²) in [6.07, 6.45) is 0. The third-order valence-electron chi connectivity index (χ3n) is 2.15. The first-order chi connectivity index (χ1) is 7.58. The van der Waals surface area contributed by atoms with Gasteiger partial charge in [0.15, 0.2) is 11.5 Å². The van der Waals surface area contributed by atoms with Crippen LogP contribution in [0.2, 0.25) is 5.02 Å². The SMILES string of the molecule is CC(=O)c1ccc(-c2ccc(F)cc2Cl)o1. The van der Waals surface area contributed by atoms with Crippen molar-refractivity contribution >= 4 is 17.4 Å². The minimum absolute atomic E-state index is 0.163. The summed E-state index contributed by atoms with van der Waals surface area (Å²) in [6.45, 7) is 1.41. The van der Waals surface area contributed by atoms with Gasteiger partial charge < -0.3 is 4.42 Å². The lowest BCUT2D eigenvalue weighted by Crippen LogP contribution is -1.86. The highest BCUT2D eigenvalue weighted by Gasteiger charge is 2.11. The average Bonchev–Trinajstić information content (AvgIpc) is 2.66. The van der Waals surface area contributed by atoms with Gasteiger partial charge in [0, 0.05) is 12.5 Å². The smallest absolute Gasteiger partial charge is 0.194 e. The lowest BCUT2D eigenvalue weighted by Gasteiger charge is -2.00. The largest absolute Gasteiger partial charge is 0.453 e. The second kappa shape index (κ2) is 4.10. The highest BCUT2D eigenvalue weighted by Crippen LogP contribution is 2.29. The van der Waals surface area contributed by atoms with Crippen LogP contribution in [0.4, 0.5) is 4.39 Å². The molecule has 0 aliphatic carbocycles. The first-order valence-electron chi connectivity index (χ1n) is 4.64. The monoisotopic (exact) mass is 238 g/mol. The molecule has 2 nitrogen and oxygen atoms in total. The second-order valence-electron chi connectivity index (χ2n) is 3.34. The summed E-state index contributed by atoms with van der Waals surface area (Å²) in [4.78, 5) is 11.0. The molecule has 1 aromatic carbocycles. The number of carbonyl (C=O) groups is 1. The molecule has 0 bridgehead atoms. The van der Waals surface area contributed by atoms with E-state index < -0.39 is 5.82 Å². The molecule has 0 radical (unpaired) electrons. The van der Waals surface area contributed by atoms with E-state index in [0.29, 0.717) is 11.3 Å². The summed E-state index contributed by atoms with van der Waals surface area (Å²) < 4.78 is 18.1. The summed E-state index contributed by atoms with van der Waals surface area (Å²) in [5, 5.41) is 0.254. The first-order valence-corrected chi connectivity index (χ1v) is 5.02. The molecule has 2 rings (SSSR count). The van der Waals surface area contributed by atoms with E-state index in [2.05, 4.69) is 0 Å². The molecule has 82 valence electrons. The van der Waals surface area contributed by atoms with E-state index in [-0.39, 0.29) is 16.6 Å². The molecule has 0 aliphatic heterocycles. The van der Waals surface area contributed by atoms with Gasteiger partial charge in [0.1, 0.15) is 11.6 Å². The number of hydrogen-bond donors (Lipinski definition) is 0. The number of ketones is 1. The third-order valence-corrected chi connectivity index (χ3v) is 2.46. The Hall–Kier alpha value is -1.61. The molecule has 0 amide bonds. The molecule has 0 atom stereocenters. The van der Waals surface area contributed by atoms with E-state index in [9.17, 15) is 9.18 Å². The molecule has 16 heavy (non-hydrogen) atoms. The van der Waals surface area contributed by atoms with E-state index >= 15 is 0 Å². The maximum atomic E-state index is 12.8. The van der Waals surface area contributed by atoms with Crippen LogP contribution in [0.1, 0.15) is 17.5 Å². The van der Waals surface area contributed by atoms with Crippen molar-refractivity contribution in [2.45, 2.75) is 6.92 Å². The first kappa shape index (κ1) is 10.9. The number of halogens is 2. The number of benzene rings is 1. The van der Waals surface area contributed by atoms with Crippen molar-refractivity contribution in [3.63, 3.8) is 0 Å². The van der Waals surface area contributed by atoms with Gasteiger partial charge in [0.05, 0.1) is 5.02 Å². The van der Waals surface area contributed by atoms with Gasteiger partial charge in [-0.05, 0) is 30.3 Å². The van der Waals surface area contributed by atoms with Crippen molar-refractivity contribution in [1.29, 1.82) is 0 Å².